The number of rotatable bonds is 10. The standard InChI is InChI=1S/C12H24N2O4S/c1-3-10(4-5-11(15)16)6-7-13-12(17)14-8-9-19(2)18/h10H,3-9H2,1-2H3,(H,15,16)(H2,13,14,17). The Morgan fingerprint density at radius 1 is 1.21 bits per heavy atom. The highest BCUT2D eigenvalue weighted by molar-refractivity contribution is 7.84. The van der Waals surface area contributed by atoms with Crippen molar-refractivity contribution in [1.29, 1.82) is 0 Å². The second-order valence-electron chi connectivity index (χ2n) is 4.46. The van der Waals surface area contributed by atoms with Crippen molar-refractivity contribution in [2.45, 2.75) is 32.6 Å². The number of carbonyl (C=O) groups is 2. The fourth-order valence-corrected chi connectivity index (χ4v) is 2.03. The summed E-state index contributed by atoms with van der Waals surface area (Å²) < 4.78 is 10.8. The molecule has 0 aromatic rings. The van der Waals surface area contributed by atoms with E-state index in [9.17, 15) is 13.8 Å². The van der Waals surface area contributed by atoms with E-state index in [1.54, 1.807) is 6.26 Å². The second kappa shape index (κ2) is 10.8. The van der Waals surface area contributed by atoms with Crippen molar-refractivity contribution in [2.24, 2.45) is 5.92 Å². The molecule has 19 heavy (non-hydrogen) atoms. The molecule has 112 valence electrons. The van der Waals surface area contributed by atoms with Crippen molar-refractivity contribution in [3.63, 3.8) is 0 Å². The molecule has 6 nitrogen and oxygen atoms in total. The third-order valence-electron chi connectivity index (χ3n) is 2.86. The topological polar surface area (TPSA) is 95.5 Å². The predicted molar refractivity (Wildman–Crippen MR) is 75.6 cm³/mol. The highest BCUT2D eigenvalue weighted by Crippen LogP contribution is 2.14. The number of aliphatic carboxylic acids is 1. The molecule has 2 atom stereocenters. The number of carbonyl (C=O) groups excluding carboxylic acids is 1. The van der Waals surface area contributed by atoms with Crippen LogP contribution in [0.5, 0.6) is 0 Å². The Bertz CT molecular complexity index is 310. The van der Waals surface area contributed by atoms with Gasteiger partial charge in [-0.3, -0.25) is 9.00 Å². The van der Waals surface area contributed by atoms with Crippen LogP contribution in [0.3, 0.4) is 0 Å². The molecule has 0 aliphatic rings. The normalized spacial score (nSPS) is 13.6. The average Bonchev–Trinajstić information content (AvgIpc) is 2.32. The molecular formula is C12H24N2O4S. The summed E-state index contributed by atoms with van der Waals surface area (Å²) in [6.45, 7) is 2.94. The lowest BCUT2D eigenvalue weighted by Crippen LogP contribution is -2.38. The van der Waals surface area contributed by atoms with Crippen LogP contribution in [0, 0.1) is 5.92 Å². The van der Waals surface area contributed by atoms with Crippen molar-refractivity contribution in [2.75, 3.05) is 25.1 Å². The van der Waals surface area contributed by atoms with E-state index in [0.717, 1.165) is 12.8 Å². The zero-order chi connectivity index (χ0) is 14.7. The summed E-state index contributed by atoms with van der Waals surface area (Å²) in [7, 11) is -0.902. The van der Waals surface area contributed by atoms with Crippen LogP contribution in [0.25, 0.3) is 0 Å². The number of amides is 2. The molecule has 0 aromatic heterocycles. The van der Waals surface area contributed by atoms with Crippen molar-refractivity contribution in [3.8, 4) is 0 Å². The van der Waals surface area contributed by atoms with Gasteiger partial charge in [0.05, 0.1) is 0 Å². The molecule has 0 radical (unpaired) electrons. The van der Waals surface area contributed by atoms with Gasteiger partial charge in [0, 0.05) is 42.3 Å². The molecular weight excluding hydrogens is 268 g/mol. The summed E-state index contributed by atoms with van der Waals surface area (Å²) in [4.78, 5) is 21.8. The molecule has 7 heteroatoms. The van der Waals surface area contributed by atoms with Crippen LogP contribution in [0.4, 0.5) is 4.79 Å². The molecule has 0 aliphatic carbocycles. The molecule has 0 heterocycles. The number of hydrogen-bond acceptors (Lipinski definition) is 3. The van der Waals surface area contributed by atoms with Gasteiger partial charge < -0.3 is 15.7 Å². The van der Waals surface area contributed by atoms with Crippen LogP contribution in [-0.2, 0) is 15.6 Å². The van der Waals surface area contributed by atoms with E-state index in [1.165, 1.54) is 0 Å². The lowest BCUT2D eigenvalue weighted by Gasteiger charge is -2.14. The minimum Gasteiger partial charge on any atom is -0.481 e. The van der Waals surface area contributed by atoms with Crippen LogP contribution in [0.1, 0.15) is 32.6 Å². The number of hydrogen-bond donors (Lipinski definition) is 3. The van der Waals surface area contributed by atoms with Gasteiger partial charge in [0.1, 0.15) is 0 Å². The Hall–Kier alpha value is -1.11. The molecule has 0 aliphatic heterocycles. The summed E-state index contributed by atoms with van der Waals surface area (Å²) in [6, 6.07) is -0.265. The molecule has 0 saturated carbocycles. The van der Waals surface area contributed by atoms with E-state index >= 15 is 0 Å². The Kier molecular flexibility index (Phi) is 10.1. The number of nitrogens with one attached hydrogen (secondary N) is 2. The van der Waals surface area contributed by atoms with Gasteiger partial charge in [0.25, 0.3) is 0 Å². The lowest BCUT2D eigenvalue weighted by atomic mass is 9.97. The largest absolute Gasteiger partial charge is 0.481 e. The van der Waals surface area contributed by atoms with Crippen molar-refractivity contribution >= 4 is 22.8 Å². The first-order valence-corrected chi connectivity index (χ1v) is 8.22. The monoisotopic (exact) mass is 292 g/mol. The number of carboxylic acids is 1. The van der Waals surface area contributed by atoms with Gasteiger partial charge >= 0.3 is 12.0 Å². The Morgan fingerprint density at radius 2 is 1.84 bits per heavy atom. The fourth-order valence-electron chi connectivity index (χ4n) is 1.64. The smallest absolute Gasteiger partial charge is 0.314 e. The molecule has 0 bridgehead atoms. The molecule has 2 unspecified atom stereocenters. The SMILES string of the molecule is CCC(CCNC(=O)NCCS(C)=O)CCC(=O)O. The highest BCUT2D eigenvalue weighted by atomic mass is 32.2. The maximum absolute atomic E-state index is 11.3. The third kappa shape index (κ3) is 11.7. The van der Waals surface area contributed by atoms with E-state index in [2.05, 4.69) is 10.6 Å². The third-order valence-corrected chi connectivity index (χ3v) is 3.64. The van der Waals surface area contributed by atoms with Crippen molar-refractivity contribution < 1.29 is 18.9 Å². The average molecular weight is 292 g/mol. The first-order valence-electron chi connectivity index (χ1n) is 6.49. The Balaban J connectivity index is 3.65. The minimum absolute atomic E-state index is 0.174. The highest BCUT2D eigenvalue weighted by Gasteiger charge is 2.09. The van der Waals surface area contributed by atoms with Gasteiger partial charge in [-0.15, -0.1) is 0 Å². The summed E-state index contributed by atoms with van der Waals surface area (Å²) in [5, 5.41) is 13.9. The number of carboxylic acid groups (broad SMARTS) is 1. The van der Waals surface area contributed by atoms with Crippen LogP contribution in [0.2, 0.25) is 0 Å². The molecule has 0 aromatic carbocycles. The van der Waals surface area contributed by atoms with Crippen LogP contribution in [0.15, 0.2) is 0 Å². The molecule has 2 amide bonds. The van der Waals surface area contributed by atoms with Gasteiger partial charge in [-0.1, -0.05) is 13.3 Å². The first-order chi connectivity index (χ1) is 8.95. The molecule has 0 saturated heterocycles. The second-order valence-corrected chi connectivity index (χ2v) is 6.01. The quantitative estimate of drug-likeness (QED) is 0.558. The maximum Gasteiger partial charge on any atom is 0.314 e. The predicted octanol–water partition coefficient (Wildman–Crippen LogP) is 0.945. The summed E-state index contributed by atoms with van der Waals surface area (Å²) in [5.41, 5.74) is 0. The number of urea groups is 1. The summed E-state index contributed by atoms with van der Waals surface area (Å²) >= 11 is 0. The fraction of sp³-hybridized carbons (Fsp3) is 0.833. The Morgan fingerprint density at radius 3 is 2.37 bits per heavy atom. The van der Waals surface area contributed by atoms with E-state index in [0.29, 0.717) is 31.2 Å². The van der Waals surface area contributed by atoms with E-state index in [4.69, 9.17) is 5.11 Å². The van der Waals surface area contributed by atoms with Gasteiger partial charge in [-0.2, -0.15) is 0 Å². The van der Waals surface area contributed by atoms with Gasteiger partial charge in [0.15, 0.2) is 0 Å². The first kappa shape index (κ1) is 17.9. The van der Waals surface area contributed by atoms with Crippen LogP contribution in [-0.4, -0.2) is 46.4 Å². The molecule has 3 N–H and O–H groups in total. The summed E-state index contributed by atoms with van der Waals surface area (Å²) in [5.74, 6) is -0.0138. The molecule has 0 fully saturated rings. The van der Waals surface area contributed by atoms with Crippen LogP contribution < -0.4 is 10.6 Å². The van der Waals surface area contributed by atoms with Crippen molar-refractivity contribution in [1.82, 2.24) is 10.6 Å². The van der Waals surface area contributed by atoms with Crippen LogP contribution >= 0.6 is 0 Å². The molecule has 0 spiro atoms. The zero-order valence-electron chi connectivity index (χ0n) is 11.6. The maximum atomic E-state index is 11.3. The minimum atomic E-state index is -0.902. The van der Waals surface area contributed by atoms with E-state index < -0.39 is 16.8 Å². The lowest BCUT2D eigenvalue weighted by molar-refractivity contribution is -0.137. The van der Waals surface area contributed by atoms with E-state index in [-0.39, 0.29) is 12.5 Å². The van der Waals surface area contributed by atoms with Gasteiger partial charge in [0.2, 0.25) is 0 Å². The van der Waals surface area contributed by atoms with Gasteiger partial charge in [-0.25, -0.2) is 4.79 Å². The van der Waals surface area contributed by atoms with Gasteiger partial charge in [-0.05, 0) is 18.8 Å². The zero-order valence-corrected chi connectivity index (χ0v) is 12.4. The summed E-state index contributed by atoms with van der Waals surface area (Å²) in [6.07, 6.45) is 4.09. The molecule has 0 rings (SSSR count). The Labute approximate surface area is 116 Å². The van der Waals surface area contributed by atoms with E-state index in [1.807, 2.05) is 6.92 Å². The van der Waals surface area contributed by atoms with Crippen molar-refractivity contribution in [3.05, 3.63) is 0 Å².